The summed E-state index contributed by atoms with van der Waals surface area (Å²) in [5, 5.41) is 23.9. The molecule has 0 aliphatic carbocycles. The van der Waals surface area contributed by atoms with Crippen LogP contribution >= 0.6 is 0 Å². The van der Waals surface area contributed by atoms with E-state index in [4.69, 9.17) is 16.3 Å². The van der Waals surface area contributed by atoms with Gasteiger partial charge in [0.05, 0.1) is 35.0 Å². The van der Waals surface area contributed by atoms with Gasteiger partial charge in [-0.15, -0.1) is 0 Å². The minimum atomic E-state index is -1.25. The number of carbonyl (C=O) groups excluding carboxylic acids is 1. The zero-order chi connectivity index (χ0) is 24.1. The smallest absolute Gasteiger partial charge is 0.252 e. The lowest BCUT2D eigenvalue weighted by atomic mass is 10.0. The highest BCUT2D eigenvalue weighted by Gasteiger charge is 2.30. The number of hydrogen-bond donors (Lipinski definition) is 3. The Kier molecular flexibility index (Phi) is 6.46. The lowest BCUT2D eigenvalue weighted by Crippen LogP contribution is -2.48. The van der Waals surface area contributed by atoms with Gasteiger partial charge < -0.3 is 21.3 Å². The number of rotatable bonds is 6. The van der Waals surface area contributed by atoms with Crippen LogP contribution in [-0.2, 0) is 0 Å². The standard InChI is InChI=1S/C23H20FN9O/c24-17-13-33(22-4-2-15(9-26)11-30-22)6-5-18(17)31-19-7-21(29-12-16(19)23(27)34)32-20-3-1-14(8-25)10-28-20/h1-4,7,10-12,17-18H,5-6,13H2,(H2,27,34)(H2,28,29,31,32)/t17-,18+/m0/s1. The van der Waals surface area contributed by atoms with Crippen molar-refractivity contribution in [2.75, 3.05) is 28.6 Å². The van der Waals surface area contributed by atoms with Crippen molar-refractivity contribution in [2.24, 2.45) is 5.73 Å². The summed E-state index contributed by atoms with van der Waals surface area (Å²) in [6, 6.07) is 11.6. The third-order valence-corrected chi connectivity index (χ3v) is 5.40. The van der Waals surface area contributed by atoms with Crippen molar-refractivity contribution < 1.29 is 9.18 Å². The van der Waals surface area contributed by atoms with Crippen LogP contribution in [0, 0.1) is 22.7 Å². The van der Waals surface area contributed by atoms with Gasteiger partial charge in [0, 0.05) is 31.2 Å². The summed E-state index contributed by atoms with van der Waals surface area (Å²) in [5.41, 5.74) is 6.85. The molecule has 11 heteroatoms. The fraction of sp³-hybridized carbons (Fsp3) is 0.217. The number of pyridine rings is 3. The summed E-state index contributed by atoms with van der Waals surface area (Å²) in [7, 11) is 0. The molecule has 2 atom stereocenters. The lowest BCUT2D eigenvalue weighted by molar-refractivity contribution is 0.100. The van der Waals surface area contributed by atoms with Crippen molar-refractivity contribution in [1.29, 1.82) is 10.5 Å². The molecular formula is C23H20FN9O. The predicted molar refractivity (Wildman–Crippen MR) is 123 cm³/mol. The maximum atomic E-state index is 15.1. The van der Waals surface area contributed by atoms with Gasteiger partial charge in [0.15, 0.2) is 0 Å². The summed E-state index contributed by atoms with van der Waals surface area (Å²) in [6.07, 6.45) is 3.39. The Balaban J connectivity index is 1.48. The summed E-state index contributed by atoms with van der Waals surface area (Å²) in [5.74, 6) is 0.742. The topological polar surface area (TPSA) is 157 Å². The average Bonchev–Trinajstić information content (AvgIpc) is 2.86. The van der Waals surface area contributed by atoms with Gasteiger partial charge in [-0.2, -0.15) is 10.5 Å². The minimum absolute atomic E-state index is 0.105. The number of nitrogens with zero attached hydrogens (tertiary/aromatic N) is 6. The fourth-order valence-electron chi connectivity index (χ4n) is 3.62. The van der Waals surface area contributed by atoms with Gasteiger partial charge in [-0.25, -0.2) is 19.3 Å². The van der Waals surface area contributed by atoms with Crippen LogP contribution in [0.25, 0.3) is 0 Å². The number of aromatic nitrogens is 3. The Labute approximate surface area is 194 Å². The van der Waals surface area contributed by atoms with Crippen LogP contribution in [0.5, 0.6) is 0 Å². The summed E-state index contributed by atoms with van der Waals surface area (Å²) in [4.78, 5) is 26.3. The highest BCUT2D eigenvalue weighted by Crippen LogP contribution is 2.26. The van der Waals surface area contributed by atoms with E-state index < -0.39 is 18.1 Å². The third-order valence-electron chi connectivity index (χ3n) is 5.40. The summed E-state index contributed by atoms with van der Waals surface area (Å²) >= 11 is 0. The molecule has 170 valence electrons. The van der Waals surface area contributed by atoms with Gasteiger partial charge in [0.1, 0.15) is 35.8 Å². The number of nitrogens with two attached hydrogens (primary N) is 1. The molecule has 1 aliphatic heterocycles. The third kappa shape index (κ3) is 5.00. The molecule has 0 radical (unpaired) electrons. The molecule has 1 saturated heterocycles. The molecular weight excluding hydrogens is 437 g/mol. The van der Waals surface area contributed by atoms with E-state index >= 15 is 4.39 Å². The minimum Gasteiger partial charge on any atom is -0.378 e. The monoisotopic (exact) mass is 457 g/mol. The molecule has 1 fully saturated rings. The number of hydrogen-bond acceptors (Lipinski definition) is 9. The van der Waals surface area contributed by atoms with E-state index in [1.54, 1.807) is 30.3 Å². The van der Waals surface area contributed by atoms with Crippen LogP contribution in [0.1, 0.15) is 27.9 Å². The number of alkyl halides is 1. The Morgan fingerprint density at radius 1 is 1.06 bits per heavy atom. The summed E-state index contributed by atoms with van der Waals surface area (Å²) in [6.45, 7) is 0.641. The van der Waals surface area contributed by atoms with Crippen LogP contribution in [0.2, 0.25) is 0 Å². The van der Waals surface area contributed by atoms with Gasteiger partial charge in [0.2, 0.25) is 0 Å². The molecule has 4 rings (SSSR count). The van der Waals surface area contributed by atoms with Gasteiger partial charge in [0.25, 0.3) is 5.91 Å². The zero-order valence-corrected chi connectivity index (χ0v) is 17.9. The highest BCUT2D eigenvalue weighted by atomic mass is 19.1. The van der Waals surface area contributed by atoms with E-state index in [0.29, 0.717) is 47.2 Å². The Morgan fingerprint density at radius 3 is 2.35 bits per heavy atom. The quantitative estimate of drug-likeness (QED) is 0.506. The molecule has 0 spiro atoms. The largest absolute Gasteiger partial charge is 0.378 e. The van der Waals surface area contributed by atoms with Gasteiger partial charge >= 0.3 is 0 Å². The molecule has 3 aromatic heterocycles. The average molecular weight is 457 g/mol. The predicted octanol–water partition coefficient (Wildman–Crippen LogP) is 2.49. The van der Waals surface area contributed by atoms with Crippen molar-refractivity contribution in [2.45, 2.75) is 18.6 Å². The first-order chi connectivity index (χ1) is 16.5. The second kappa shape index (κ2) is 9.79. The second-order valence-corrected chi connectivity index (χ2v) is 7.67. The van der Waals surface area contributed by atoms with Crippen molar-refractivity contribution in [3.8, 4) is 12.1 Å². The van der Waals surface area contributed by atoms with Crippen LogP contribution in [-0.4, -0.2) is 46.2 Å². The molecule has 4 heterocycles. The molecule has 0 bridgehead atoms. The van der Waals surface area contributed by atoms with E-state index in [0.717, 1.165) is 0 Å². The molecule has 10 nitrogen and oxygen atoms in total. The first kappa shape index (κ1) is 22.4. The van der Waals surface area contributed by atoms with Crippen LogP contribution in [0.4, 0.5) is 27.5 Å². The van der Waals surface area contributed by atoms with Crippen LogP contribution in [0.3, 0.4) is 0 Å². The molecule has 34 heavy (non-hydrogen) atoms. The van der Waals surface area contributed by atoms with Crippen LogP contribution < -0.4 is 21.3 Å². The molecule has 1 aliphatic rings. The first-order valence-electron chi connectivity index (χ1n) is 10.4. The highest BCUT2D eigenvalue weighted by molar-refractivity contribution is 5.98. The van der Waals surface area contributed by atoms with E-state index in [9.17, 15) is 4.79 Å². The van der Waals surface area contributed by atoms with Gasteiger partial charge in [-0.05, 0) is 30.7 Å². The maximum Gasteiger partial charge on any atom is 0.252 e. The number of nitrogens with one attached hydrogen (secondary N) is 2. The van der Waals surface area contributed by atoms with Crippen molar-refractivity contribution in [1.82, 2.24) is 15.0 Å². The lowest BCUT2D eigenvalue weighted by Gasteiger charge is -2.36. The molecule has 0 unspecified atom stereocenters. The number of piperidine rings is 1. The Morgan fingerprint density at radius 2 is 1.76 bits per heavy atom. The molecule has 0 saturated carbocycles. The van der Waals surface area contributed by atoms with E-state index in [1.165, 1.54) is 18.6 Å². The fourth-order valence-corrected chi connectivity index (χ4v) is 3.62. The number of anilines is 4. The zero-order valence-electron chi connectivity index (χ0n) is 17.9. The maximum absolute atomic E-state index is 15.1. The summed E-state index contributed by atoms with van der Waals surface area (Å²) < 4.78 is 15.1. The van der Waals surface area contributed by atoms with E-state index in [-0.39, 0.29) is 12.1 Å². The number of halogens is 1. The van der Waals surface area contributed by atoms with E-state index in [2.05, 4.69) is 25.6 Å². The van der Waals surface area contributed by atoms with Gasteiger partial charge in [-0.1, -0.05) is 0 Å². The first-order valence-corrected chi connectivity index (χ1v) is 10.4. The van der Waals surface area contributed by atoms with Crippen LogP contribution in [0.15, 0.2) is 48.9 Å². The number of carbonyl (C=O) groups is 1. The Bertz CT molecular complexity index is 1270. The number of primary amides is 1. The van der Waals surface area contributed by atoms with Crippen molar-refractivity contribution in [3.05, 3.63) is 65.6 Å². The number of amides is 1. The second-order valence-electron chi connectivity index (χ2n) is 7.67. The van der Waals surface area contributed by atoms with E-state index in [1.807, 2.05) is 17.0 Å². The van der Waals surface area contributed by atoms with Crippen molar-refractivity contribution >= 4 is 29.0 Å². The normalized spacial score (nSPS) is 17.3. The van der Waals surface area contributed by atoms with Gasteiger partial charge in [-0.3, -0.25) is 4.79 Å². The molecule has 1 amide bonds. The van der Waals surface area contributed by atoms with Crippen molar-refractivity contribution in [3.63, 3.8) is 0 Å². The molecule has 3 aromatic rings. The Hall–Kier alpha value is -4.77. The number of nitriles is 2. The SMILES string of the molecule is N#Cc1ccc(Nc2cc(N[C@@H]3CCN(c4ccc(C#N)cn4)C[C@@H]3F)c(C(N)=O)cn2)nc1. The molecule has 4 N–H and O–H groups in total. The molecule has 0 aromatic carbocycles.